The molecule has 0 aromatic heterocycles. The summed E-state index contributed by atoms with van der Waals surface area (Å²) in [6.45, 7) is 19.6. The number of hydrogen-bond donors (Lipinski definition) is 2. The van der Waals surface area contributed by atoms with Gasteiger partial charge in [0.1, 0.15) is 11.7 Å². The Bertz CT molecular complexity index is 905. The molecule has 0 radical (unpaired) electrons. The summed E-state index contributed by atoms with van der Waals surface area (Å²) in [5, 5.41) is 20.8. The molecule has 0 amide bonds. The van der Waals surface area contributed by atoms with Crippen molar-refractivity contribution in [1.82, 2.24) is 0 Å². The molecule has 37 heavy (non-hydrogen) atoms. The van der Waals surface area contributed by atoms with Gasteiger partial charge in [0, 0.05) is 12.3 Å². The van der Waals surface area contributed by atoms with E-state index < -0.39 is 11.2 Å². The first-order valence-electron chi connectivity index (χ1n) is 14.8. The zero-order valence-electron chi connectivity index (χ0n) is 25.0. The van der Waals surface area contributed by atoms with Crippen molar-refractivity contribution in [3.05, 3.63) is 12.2 Å². The van der Waals surface area contributed by atoms with Crippen LogP contribution in [0.25, 0.3) is 0 Å². The van der Waals surface area contributed by atoms with Crippen molar-refractivity contribution in [2.45, 2.75) is 137 Å². The minimum Gasteiger partial charge on any atom is -0.462 e. The third-order valence-electron chi connectivity index (χ3n) is 12.7. The molecule has 9 unspecified atom stereocenters. The molecule has 4 saturated carbocycles. The van der Waals surface area contributed by atoms with Crippen molar-refractivity contribution >= 4 is 5.97 Å². The second-order valence-corrected chi connectivity index (χ2v) is 15.4. The maximum atomic E-state index is 11.9. The van der Waals surface area contributed by atoms with Crippen LogP contribution >= 0.6 is 0 Å². The predicted octanol–water partition coefficient (Wildman–Crippen LogP) is 7.57. The molecule has 2 N–H and O–H groups in total. The number of aliphatic hydroxyl groups is 1. The first kappa shape index (κ1) is 29.1. The van der Waals surface area contributed by atoms with Gasteiger partial charge in [-0.2, -0.15) is 0 Å². The number of carbonyl (C=O) groups is 1. The topological polar surface area (TPSA) is 76.0 Å². The molecule has 0 aliphatic heterocycles. The monoisotopic (exact) mass is 518 g/mol. The first-order valence-corrected chi connectivity index (χ1v) is 14.8. The lowest BCUT2D eigenvalue weighted by molar-refractivity contribution is -0.297. The van der Waals surface area contributed by atoms with Gasteiger partial charge in [-0.15, -0.1) is 0 Å². The summed E-state index contributed by atoms with van der Waals surface area (Å²) in [6, 6.07) is 0. The lowest BCUT2D eigenvalue weighted by Gasteiger charge is -2.70. The largest absolute Gasteiger partial charge is 0.462 e. The van der Waals surface area contributed by atoms with Gasteiger partial charge in [0.05, 0.1) is 5.60 Å². The molecule has 5 heteroatoms. The molecule has 4 rings (SSSR count). The highest BCUT2D eigenvalue weighted by Crippen LogP contribution is 2.75. The Kier molecular flexibility index (Phi) is 7.34. The summed E-state index contributed by atoms with van der Waals surface area (Å²) >= 11 is 0. The van der Waals surface area contributed by atoms with Crippen LogP contribution in [0.3, 0.4) is 0 Å². The molecule has 212 valence electrons. The molecule has 0 spiro atoms. The highest BCUT2D eigenvalue weighted by molar-refractivity contribution is 5.66. The Morgan fingerprint density at radius 2 is 1.57 bits per heavy atom. The Hall–Kier alpha value is -0.910. The quantitative estimate of drug-likeness (QED) is 0.164. The minimum absolute atomic E-state index is 0.0135. The smallest absolute Gasteiger partial charge is 0.302 e. The maximum absolute atomic E-state index is 11.9. The Labute approximate surface area is 225 Å². The van der Waals surface area contributed by atoms with Crippen LogP contribution in [0.4, 0.5) is 0 Å². The fourth-order valence-electron chi connectivity index (χ4n) is 10.6. The second kappa shape index (κ2) is 9.34. The average molecular weight is 519 g/mol. The van der Waals surface area contributed by atoms with Crippen molar-refractivity contribution in [2.75, 3.05) is 0 Å². The predicted molar refractivity (Wildman–Crippen MR) is 147 cm³/mol. The average Bonchev–Trinajstić information content (AvgIpc) is 3.14. The van der Waals surface area contributed by atoms with E-state index in [2.05, 4.69) is 39.5 Å². The third kappa shape index (κ3) is 4.53. The number of esters is 1. The molecule has 4 fully saturated rings. The van der Waals surface area contributed by atoms with Crippen molar-refractivity contribution < 1.29 is 24.8 Å². The Balaban J connectivity index is 1.58. The van der Waals surface area contributed by atoms with Gasteiger partial charge in [-0.05, 0) is 118 Å². The van der Waals surface area contributed by atoms with Gasteiger partial charge in [0.15, 0.2) is 0 Å². The number of rotatable bonds is 6. The third-order valence-corrected chi connectivity index (χ3v) is 12.7. The van der Waals surface area contributed by atoms with E-state index >= 15 is 0 Å². The zero-order chi connectivity index (χ0) is 27.7. The molecular formula is C32H54O5. The molecule has 4 aliphatic rings. The van der Waals surface area contributed by atoms with Crippen LogP contribution in [-0.4, -0.2) is 33.6 Å². The number of carbonyl (C=O) groups excluding carboxylic acids is 1. The highest BCUT2D eigenvalue weighted by atomic mass is 17.1. The van der Waals surface area contributed by atoms with Crippen LogP contribution in [0, 0.1) is 45.3 Å². The summed E-state index contributed by atoms with van der Waals surface area (Å²) in [6.07, 6.45) is 13.6. The molecule has 4 aliphatic carbocycles. The molecule has 0 bridgehead atoms. The number of fused-ring (bicyclic) bond motifs is 5. The fourth-order valence-corrected chi connectivity index (χ4v) is 10.6. The summed E-state index contributed by atoms with van der Waals surface area (Å²) < 4.78 is 5.87. The van der Waals surface area contributed by atoms with Gasteiger partial charge in [0.2, 0.25) is 0 Å². The summed E-state index contributed by atoms with van der Waals surface area (Å²) in [4.78, 5) is 16.4. The molecule has 0 aromatic rings. The van der Waals surface area contributed by atoms with Crippen molar-refractivity contribution in [3.63, 3.8) is 0 Å². The van der Waals surface area contributed by atoms with Gasteiger partial charge < -0.3 is 9.84 Å². The van der Waals surface area contributed by atoms with Gasteiger partial charge in [-0.3, -0.25) is 10.1 Å². The van der Waals surface area contributed by atoms with E-state index in [1.165, 1.54) is 32.1 Å². The summed E-state index contributed by atoms with van der Waals surface area (Å²) in [5.74, 6) is 1.86. The second-order valence-electron chi connectivity index (χ2n) is 15.4. The van der Waals surface area contributed by atoms with Gasteiger partial charge in [-0.1, -0.05) is 46.8 Å². The normalized spacial score (nSPS) is 45.0. The van der Waals surface area contributed by atoms with Crippen LogP contribution in [0.15, 0.2) is 12.2 Å². The van der Waals surface area contributed by atoms with E-state index in [0.29, 0.717) is 24.2 Å². The molecule has 0 saturated heterocycles. The molecule has 0 heterocycles. The van der Waals surface area contributed by atoms with Crippen LogP contribution in [0.5, 0.6) is 0 Å². The van der Waals surface area contributed by atoms with Gasteiger partial charge in [0.25, 0.3) is 0 Å². The molecule has 0 aromatic carbocycles. The summed E-state index contributed by atoms with van der Waals surface area (Å²) in [5.41, 5.74) is -0.828. The molecular weight excluding hydrogens is 464 g/mol. The van der Waals surface area contributed by atoms with Crippen molar-refractivity contribution in [2.24, 2.45) is 45.3 Å². The lowest BCUT2D eigenvalue weighted by atomic mass is 9.35. The van der Waals surface area contributed by atoms with E-state index in [9.17, 15) is 9.90 Å². The SMILES string of the molecule is CC(=O)OC1CCC2(C)C(CCC3(C)C2CCC2C(C(C)(O)CC=CC(C)(C)OO)CCC23C)C1(C)C. The number of hydrogen-bond acceptors (Lipinski definition) is 5. The van der Waals surface area contributed by atoms with E-state index in [1.54, 1.807) is 6.92 Å². The van der Waals surface area contributed by atoms with E-state index in [0.717, 1.165) is 19.3 Å². The lowest BCUT2D eigenvalue weighted by Crippen LogP contribution is -2.64. The van der Waals surface area contributed by atoms with Gasteiger partial charge in [-0.25, -0.2) is 4.89 Å². The van der Waals surface area contributed by atoms with E-state index in [4.69, 9.17) is 9.99 Å². The minimum atomic E-state index is -0.779. The zero-order valence-corrected chi connectivity index (χ0v) is 25.0. The van der Waals surface area contributed by atoms with E-state index in [-0.39, 0.29) is 39.7 Å². The van der Waals surface area contributed by atoms with Gasteiger partial charge >= 0.3 is 5.97 Å². The first-order chi connectivity index (χ1) is 16.9. The Morgan fingerprint density at radius 1 is 0.919 bits per heavy atom. The van der Waals surface area contributed by atoms with Crippen LogP contribution in [-0.2, 0) is 14.4 Å². The molecule has 9 atom stereocenters. The molecule has 5 nitrogen and oxygen atoms in total. The van der Waals surface area contributed by atoms with Crippen LogP contribution < -0.4 is 0 Å². The van der Waals surface area contributed by atoms with Crippen LogP contribution in [0.1, 0.15) is 120 Å². The summed E-state index contributed by atoms with van der Waals surface area (Å²) in [7, 11) is 0. The standard InChI is InChI=1S/C32H54O5/c1-21(33)36-26-15-18-29(6)24(28(26,4)5)14-20-31(8)25(29)12-11-22-23(13-19-30(22,31)7)32(9,34)17-10-16-27(2,3)37-35/h10,16,22-26,34-35H,11-15,17-20H2,1-9H3. The maximum Gasteiger partial charge on any atom is 0.302 e. The van der Waals surface area contributed by atoms with Crippen molar-refractivity contribution in [1.29, 1.82) is 0 Å². The Morgan fingerprint density at radius 3 is 2.19 bits per heavy atom. The fraction of sp³-hybridized carbons (Fsp3) is 0.906. The number of ether oxygens (including phenoxy) is 1. The van der Waals surface area contributed by atoms with Crippen molar-refractivity contribution in [3.8, 4) is 0 Å². The highest BCUT2D eigenvalue weighted by Gasteiger charge is 2.69. The van der Waals surface area contributed by atoms with Crippen LogP contribution in [0.2, 0.25) is 0 Å². The van der Waals surface area contributed by atoms with E-state index in [1.807, 2.05) is 32.9 Å².